The first-order chi connectivity index (χ1) is 11.4. The van der Waals surface area contributed by atoms with Crippen molar-refractivity contribution in [2.24, 2.45) is 0 Å². The molecule has 4 nitrogen and oxygen atoms in total. The predicted octanol–water partition coefficient (Wildman–Crippen LogP) is 4.86. The van der Waals surface area contributed by atoms with E-state index in [4.69, 9.17) is 4.74 Å². The smallest absolute Gasteiger partial charge is 0.407 e. The number of hydrogen-bond donors (Lipinski definition) is 2. The maximum atomic E-state index is 11.8. The van der Waals surface area contributed by atoms with Crippen LogP contribution >= 0.6 is 0 Å². The molecule has 1 aromatic heterocycles. The van der Waals surface area contributed by atoms with E-state index in [2.05, 4.69) is 46.7 Å². The monoisotopic (exact) mass is 322 g/mol. The predicted molar refractivity (Wildman–Crippen MR) is 96.8 cm³/mol. The Bertz CT molecular complexity index is 859. The molecule has 3 aromatic rings. The van der Waals surface area contributed by atoms with E-state index < -0.39 is 11.7 Å². The number of amides is 1. The number of rotatable bonds is 3. The van der Waals surface area contributed by atoms with E-state index in [0.717, 1.165) is 22.2 Å². The van der Waals surface area contributed by atoms with Crippen molar-refractivity contribution in [1.82, 2.24) is 10.3 Å². The Morgan fingerprint density at radius 2 is 1.88 bits per heavy atom. The average Bonchev–Trinajstić information content (AvgIpc) is 2.99. The second-order valence-electron chi connectivity index (χ2n) is 6.84. The normalized spacial score (nSPS) is 11.5. The number of H-pyrrole nitrogens is 1. The van der Waals surface area contributed by atoms with Crippen LogP contribution in [0.3, 0.4) is 0 Å². The maximum Gasteiger partial charge on any atom is 0.407 e. The summed E-state index contributed by atoms with van der Waals surface area (Å²) in [6.45, 7) is 5.99. The van der Waals surface area contributed by atoms with Crippen molar-refractivity contribution < 1.29 is 9.53 Å². The highest BCUT2D eigenvalue weighted by atomic mass is 16.6. The Balaban J connectivity index is 1.73. The zero-order valence-electron chi connectivity index (χ0n) is 14.2. The summed E-state index contributed by atoms with van der Waals surface area (Å²) in [7, 11) is 0. The zero-order valence-corrected chi connectivity index (χ0v) is 14.2. The molecule has 1 heterocycles. The summed E-state index contributed by atoms with van der Waals surface area (Å²) in [5.41, 5.74) is 3.95. The van der Waals surface area contributed by atoms with Gasteiger partial charge in [0.25, 0.3) is 0 Å². The van der Waals surface area contributed by atoms with Gasteiger partial charge in [-0.1, -0.05) is 24.3 Å². The fraction of sp³-hybridized carbons (Fsp3) is 0.250. The number of carbonyl (C=O) groups is 1. The molecule has 0 spiro atoms. The Kier molecular flexibility index (Phi) is 4.30. The SMILES string of the molecule is CC(C)(C)OC(=O)NCc1cccc(-c2ccc3[nH]ccc3c2)c1. The molecule has 1 amide bonds. The van der Waals surface area contributed by atoms with Crippen molar-refractivity contribution in [2.75, 3.05) is 0 Å². The first-order valence-electron chi connectivity index (χ1n) is 8.04. The number of carbonyl (C=O) groups excluding carboxylic acids is 1. The van der Waals surface area contributed by atoms with E-state index in [-0.39, 0.29) is 0 Å². The number of fused-ring (bicyclic) bond motifs is 1. The van der Waals surface area contributed by atoms with Crippen LogP contribution in [-0.2, 0) is 11.3 Å². The number of alkyl carbamates (subject to hydrolysis) is 1. The largest absolute Gasteiger partial charge is 0.444 e. The molecule has 0 saturated heterocycles. The maximum absolute atomic E-state index is 11.8. The third-order valence-corrected chi connectivity index (χ3v) is 3.65. The third kappa shape index (κ3) is 3.96. The van der Waals surface area contributed by atoms with E-state index in [1.165, 1.54) is 5.39 Å². The lowest BCUT2D eigenvalue weighted by molar-refractivity contribution is 0.0523. The molecule has 2 N–H and O–H groups in total. The number of nitrogens with one attached hydrogen (secondary N) is 2. The van der Waals surface area contributed by atoms with Crippen LogP contribution in [0.1, 0.15) is 26.3 Å². The summed E-state index contributed by atoms with van der Waals surface area (Å²) in [5.74, 6) is 0. The van der Waals surface area contributed by atoms with E-state index >= 15 is 0 Å². The molecule has 0 aliphatic rings. The van der Waals surface area contributed by atoms with Gasteiger partial charge in [0.05, 0.1) is 0 Å². The van der Waals surface area contributed by atoms with Gasteiger partial charge in [-0.15, -0.1) is 0 Å². The summed E-state index contributed by atoms with van der Waals surface area (Å²) >= 11 is 0. The highest BCUT2D eigenvalue weighted by molar-refractivity contribution is 5.85. The van der Waals surface area contributed by atoms with Crippen molar-refractivity contribution in [3.05, 3.63) is 60.3 Å². The minimum atomic E-state index is -0.488. The average molecular weight is 322 g/mol. The van der Waals surface area contributed by atoms with Crippen LogP contribution in [0.5, 0.6) is 0 Å². The van der Waals surface area contributed by atoms with Gasteiger partial charge >= 0.3 is 6.09 Å². The van der Waals surface area contributed by atoms with Crippen molar-refractivity contribution in [3.63, 3.8) is 0 Å². The van der Waals surface area contributed by atoms with Crippen LogP contribution in [0.2, 0.25) is 0 Å². The molecule has 0 fully saturated rings. The number of benzene rings is 2. The summed E-state index contributed by atoms with van der Waals surface area (Å²) in [5, 5.41) is 3.98. The lowest BCUT2D eigenvalue weighted by atomic mass is 10.0. The molecule has 0 atom stereocenters. The zero-order chi connectivity index (χ0) is 17.2. The molecule has 0 bridgehead atoms. The number of hydrogen-bond acceptors (Lipinski definition) is 2. The highest BCUT2D eigenvalue weighted by Crippen LogP contribution is 2.24. The molecule has 3 rings (SSSR count). The first kappa shape index (κ1) is 16.1. The molecular weight excluding hydrogens is 300 g/mol. The third-order valence-electron chi connectivity index (χ3n) is 3.65. The van der Waals surface area contributed by atoms with Gasteiger partial charge in [-0.3, -0.25) is 0 Å². The molecule has 0 saturated carbocycles. The molecule has 0 aliphatic heterocycles. The quantitative estimate of drug-likeness (QED) is 0.723. The molecule has 4 heteroatoms. The van der Waals surface area contributed by atoms with E-state index in [0.29, 0.717) is 6.54 Å². The van der Waals surface area contributed by atoms with Crippen LogP contribution < -0.4 is 5.32 Å². The van der Waals surface area contributed by atoms with Crippen LogP contribution in [-0.4, -0.2) is 16.7 Å². The van der Waals surface area contributed by atoms with Crippen molar-refractivity contribution in [3.8, 4) is 11.1 Å². The summed E-state index contributed by atoms with van der Waals surface area (Å²) in [6, 6.07) is 16.6. The molecule has 124 valence electrons. The topological polar surface area (TPSA) is 54.1 Å². The Morgan fingerprint density at radius 3 is 2.67 bits per heavy atom. The van der Waals surface area contributed by atoms with E-state index in [9.17, 15) is 4.79 Å². The van der Waals surface area contributed by atoms with E-state index in [1.54, 1.807) is 0 Å². The van der Waals surface area contributed by atoms with Gasteiger partial charge in [0.2, 0.25) is 0 Å². The molecule has 0 aliphatic carbocycles. The Labute approximate surface area is 141 Å². The standard InChI is InChI=1S/C20H22N2O2/c1-20(2,3)24-19(23)22-13-14-5-4-6-15(11-14)16-7-8-18-17(12-16)9-10-21-18/h4-12,21H,13H2,1-3H3,(H,22,23). The van der Waals surface area contributed by atoms with Gasteiger partial charge in [-0.25, -0.2) is 4.79 Å². The minimum Gasteiger partial charge on any atom is -0.444 e. The van der Waals surface area contributed by atoms with Gasteiger partial charge < -0.3 is 15.0 Å². The summed E-state index contributed by atoms with van der Waals surface area (Å²) in [6.07, 6.45) is 1.54. The van der Waals surface area contributed by atoms with Crippen molar-refractivity contribution in [1.29, 1.82) is 0 Å². The second-order valence-corrected chi connectivity index (χ2v) is 6.84. The van der Waals surface area contributed by atoms with Gasteiger partial charge in [0.1, 0.15) is 5.60 Å². The lowest BCUT2D eigenvalue weighted by Gasteiger charge is -2.19. The molecule has 0 radical (unpaired) electrons. The summed E-state index contributed by atoms with van der Waals surface area (Å²) < 4.78 is 5.26. The van der Waals surface area contributed by atoms with Crippen LogP contribution in [0.25, 0.3) is 22.0 Å². The molecule has 24 heavy (non-hydrogen) atoms. The van der Waals surface area contributed by atoms with Crippen molar-refractivity contribution >= 4 is 17.0 Å². The summed E-state index contributed by atoms with van der Waals surface area (Å²) in [4.78, 5) is 15.0. The van der Waals surface area contributed by atoms with Gasteiger partial charge in [-0.2, -0.15) is 0 Å². The number of aromatic amines is 1. The van der Waals surface area contributed by atoms with Gasteiger partial charge in [-0.05, 0) is 67.1 Å². The number of ether oxygens (including phenoxy) is 1. The van der Waals surface area contributed by atoms with Gasteiger partial charge in [0, 0.05) is 18.3 Å². The van der Waals surface area contributed by atoms with Gasteiger partial charge in [0.15, 0.2) is 0 Å². The van der Waals surface area contributed by atoms with Crippen LogP contribution in [0, 0.1) is 0 Å². The van der Waals surface area contributed by atoms with Crippen LogP contribution in [0.15, 0.2) is 54.7 Å². The Hall–Kier alpha value is -2.75. The molecule has 0 unspecified atom stereocenters. The molecular formula is C20H22N2O2. The Morgan fingerprint density at radius 1 is 1.08 bits per heavy atom. The highest BCUT2D eigenvalue weighted by Gasteiger charge is 2.15. The van der Waals surface area contributed by atoms with E-state index in [1.807, 2.05) is 39.1 Å². The van der Waals surface area contributed by atoms with Crippen molar-refractivity contribution in [2.45, 2.75) is 32.9 Å². The fourth-order valence-corrected chi connectivity index (χ4v) is 2.58. The fourth-order valence-electron chi connectivity index (χ4n) is 2.58. The first-order valence-corrected chi connectivity index (χ1v) is 8.04. The second kappa shape index (κ2) is 6.40. The minimum absolute atomic E-state index is 0.401. The van der Waals surface area contributed by atoms with Crippen LogP contribution in [0.4, 0.5) is 4.79 Å². The number of aromatic nitrogens is 1. The lowest BCUT2D eigenvalue weighted by Crippen LogP contribution is -2.32. The molecule has 2 aromatic carbocycles.